The summed E-state index contributed by atoms with van der Waals surface area (Å²) in [6.45, 7) is 4.16. The number of piperazine rings is 1. The molecule has 21 heavy (non-hydrogen) atoms. The Morgan fingerprint density at radius 2 is 2.05 bits per heavy atom. The highest BCUT2D eigenvalue weighted by atomic mass is 16.2. The molecule has 2 amide bonds. The summed E-state index contributed by atoms with van der Waals surface area (Å²) < 4.78 is 1.81. The van der Waals surface area contributed by atoms with E-state index in [4.69, 9.17) is 5.73 Å². The average Bonchev–Trinajstić information content (AvgIpc) is 2.96. The molecule has 0 aromatic carbocycles. The second-order valence-corrected chi connectivity index (χ2v) is 5.03. The standard InChI is InChI=1S/C13H22N6O2/c1-15-12(20)9-17-4-6-19(7-5-17)13(21)11-8-18(3-2-14)10-16-11/h8,10H,2-7,9,14H2,1H3,(H,15,20). The van der Waals surface area contributed by atoms with Crippen LogP contribution in [0.2, 0.25) is 0 Å². The molecule has 0 saturated carbocycles. The number of aromatic nitrogens is 2. The molecule has 0 aliphatic carbocycles. The van der Waals surface area contributed by atoms with Gasteiger partial charge in [0.2, 0.25) is 5.91 Å². The maximum atomic E-state index is 12.3. The van der Waals surface area contributed by atoms with E-state index >= 15 is 0 Å². The molecule has 116 valence electrons. The summed E-state index contributed by atoms with van der Waals surface area (Å²) in [5, 5.41) is 2.60. The second-order valence-electron chi connectivity index (χ2n) is 5.03. The molecule has 0 atom stereocenters. The van der Waals surface area contributed by atoms with Crippen LogP contribution in [0.1, 0.15) is 10.5 Å². The van der Waals surface area contributed by atoms with Crippen LogP contribution in [0.5, 0.6) is 0 Å². The first-order chi connectivity index (χ1) is 10.1. The van der Waals surface area contributed by atoms with Gasteiger partial charge in [-0.15, -0.1) is 0 Å². The maximum absolute atomic E-state index is 12.3. The molecular formula is C13H22N6O2. The number of rotatable bonds is 5. The van der Waals surface area contributed by atoms with E-state index < -0.39 is 0 Å². The third-order valence-electron chi connectivity index (χ3n) is 3.55. The fourth-order valence-electron chi connectivity index (χ4n) is 2.30. The molecule has 1 aromatic heterocycles. The van der Waals surface area contributed by atoms with Crippen molar-refractivity contribution in [3.05, 3.63) is 18.2 Å². The molecule has 0 bridgehead atoms. The predicted molar refractivity (Wildman–Crippen MR) is 77.7 cm³/mol. The zero-order chi connectivity index (χ0) is 15.2. The van der Waals surface area contributed by atoms with Crippen molar-refractivity contribution in [3.8, 4) is 0 Å². The smallest absolute Gasteiger partial charge is 0.274 e. The number of imidazole rings is 1. The van der Waals surface area contributed by atoms with Gasteiger partial charge in [0.1, 0.15) is 5.69 Å². The van der Waals surface area contributed by atoms with Crippen LogP contribution < -0.4 is 11.1 Å². The highest BCUT2D eigenvalue weighted by Gasteiger charge is 2.24. The molecular weight excluding hydrogens is 272 g/mol. The molecule has 1 aromatic rings. The number of hydrogen-bond donors (Lipinski definition) is 2. The normalized spacial score (nSPS) is 16.0. The van der Waals surface area contributed by atoms with Crippen molar-refractivity contribution in [2.24, 2.45) is 5.73 Å². The van der Waals surface area contributed by atoms with Gasteiger partial charge in [-0.1, -0.05) is 0 Å². The van der Waals surface area contributed by atoms with E-state index in [1.165, 1.54) is 0 Å². The molecule has 0 radical (unpaired) electrons. The lowest BCUT2D eigenvalue weighted by Gasteiger charge is -2.33. The Morgan fingerprint density at radius 1 is 1.33 bits per heavy atom. The zero-order valence-corrected chi connectivity index (χ0v) is 12.3. The number of carbonyl (C=O) groups is 2. The van der Waals surface area contributed by atoms with Crippen molar-refractivity contribution in [3.63, 3.8) is 0 Å². The van der Waals surface area contributed by atoms with Gasteiger partial charge < -0.3 is 20.5 Å². The summed E-state index contributed by atoms with van der Waals surface area (Å²) in [4.78, 5) is 31.6. The van der Waals surface area contributed by atoms with E-state index in [0.29, 0.717) is 51.5 Å². The first-order valence-electron chi connectivity index (χ1n) is 7.08. The molecule has 1 aliphatic rings. The highest BCUT2D eigenvalue weighted by Crippen LogP contribution is 2.07. The number of amides is 2. The van der Waals surface area contributed by atoms with Gasteiger partial charge in [-0.2, -0.15) is 0 Å². The summed E-state index contributed by atoms with van der Waals surface area (Å²) in [7, 11) is 1.62. The fourth-order valence-corrected chi connectivity index (χ4v) is 2.30. The molecule has 3 N–H and O–H groups in total. The lowest BCUT2D eigenvalue weighted by atomic mass is 10.3. The lowest BCUT2D eigenvalue weighted by Crippen LogP contribution is -2.50. The minimum Gasteiger partial charge on any atom is -0.358 e. The van der Waals surface area contributed by atoms with Crippen molar-refractivity contribution in [2.75, 3.05) is 46.3 Å². The minimum atomic E-state index is -0.0645. The Balaban J connectivity index is 1.86. The monoisotopic (exact) mass is 294 g/mol. The van der Waals surface area contributed by atoms with Gasteiger partial charge in [0.25, 0.3) is 5.91 Å². The van der Waals surface area contributed by atoms with Gasteiger partial charge in [0.15, 0.2) is 0 Å². The summed E-state index contributed by atoms with van der Waals surface area (Å²) in [5.74, 6) is -0.0688. The van der Waals surface area contributed by atoms with Crippen LogP contribution >= 0.6 is 0 Å². The lowest BCUT2D eigenvalue weighted by molar-refractivity contribution is -0.122. The molecule has 2 rings (SSSR count). The summed E-state index contributed by atoms with van der Waals surface area (Å²) in [6, 6.07) is 0. The molecule has 1 saturated heterocycles. The predicted octanol–water partition coefficient (Wildman–Crippen LogP) is -1.65. The second kappa shape index (κ2) is 7.19. The SMILES string of the molecule is CNC(=O)CN1CCN(C(=O)c2cn(CCN)cn2)CC1. The summed E-state index contributed by atoms with van der Waals surface area (Å²) in [6.07, 6.45) is 3.36. The van der Waals surface area contributed by atoms with E-state index in [9.17, 15) is 9.59 Å². The number of nitrogens with two attached hydrogens (primary N) is 1. The van der Waals surface area contributed by atoms with Crippen molar-refractivity contribution in [1.82, 2.24) is 24.7 Å². The van der Waals surface area contributed by atoms with Crippen molar-refractivity contribution in [1.29, 1.82) is 0 Å². The molecule has 8 heteroatoms. The Bertz CT molecular complexity index is 493. The van der Waals surface area contributed by atoms with Crippen LogP contribution in [0, 0.1) is 0 Å². The van der Waals surface area contributed by atoms with Gasteiger partial charge in [-0.3, -0.25) is 14.5 Å². The fraction of sp³-hybridized carbons (Fsp3) is 0.615. The van der Waals surface area contributed by atoms with E-state index in [1.807, 2.05) is 9.47 Å². The zero-order valence-electron chi connectivity index (χ0n) is 12.3. The molecule has 1 fully saturated rings. The minimum absolute atomic E-state index is 0.00435. The van der Waals surface area contributed by atoms with Crippen LogP contribution in [-0.4, -0.2) is 77.5 Å². The average molecular weight is 294 g/mol. The molecule has 0 unspecified atom stereocenters. The third-order valence-corrected chi connectivity index (χ3v) is 3.55. The number of carbonyl (C=O) groups excluding carboxylic acids is 2. The van der Waals surface area contributed by atoms with Crippen LogP contribution in [0.15, 0.2) is 12.5 Å². The molecule has 8 nitrogen and oxygen atoms in total. The first kappa shape index (κ1) is 15.5. The van der Waals surface area contributed by atoms with Gasteiger partial charge in [0, 0.05) is 52.5 Å². The number of hydrogen-bond acceptors (Lipinski definition) is 5. The Hall–Kier alpha value is -1.93. The Kier molecular flexibility index (Phi) is 5.29. The van der Waals surface area contributed by atoms with E-state index in [1.54, 1.807) is 24.5 Å². The van der Waals surface area contributed by atoms with Crippen LogP contribution in [-0.2, 0) is 11.3 Å². The summed E-state index contributed by atoms with van der Waals surface area (Å²) in [5.41, 5.74) is 5.92. The van der Waals surface area contributed by atoms with Crippen molar-refractivity contribution in [2.45, 2.75) is 6.54 Å². The van der Waals surface area contributed by atoms with Gasteiger partial charge >= 0.3 is 0 Å². The Labute approximate surface area is 123 Å². The highest BCUT2D eigenvalue weighted by molar-refractivity contribution is 5.92. The van der Waals surface area contributed by atoms with Gasteiger partial charge in [-0.05, 0) is 0 Å². The van der Waals surface area contributed by atoms with Gasteiger partial charge in [0.05, 0.1) is 12.9 Å². The van der Waals surface area contributed by atoms with Crippen LogP contribution in [0.25, 0.3) is 0 Å². The molecule has 2 heterocycles. The maximum Gasteiger partial charge on any atom is 0.274 e. The van der Waals surface area contributed by atoms with Crippen LogP contribution in [0.3, 0.4) is 0 Å². The van der Waals surface area contributed by atoms with Crippen molar-refractivity contribution < 1.29 is 9.59 Å². The van der Waals surface area contributed by atoms with Crippen molar-refractivity contribution >= 4 is 11.8 Å². The first-order valence-corrected chi connectivity index (χ1v) is 7.08. The molecule has 1 aliphatic heterocycles. The largest absolute Gasteiger partial charge is 0.358 e. The van der Waals surface area contributed by atoms with Gasteiger partial charge in [-0.25, -0.2) is 4.98 Å². The molecule has 0 spiro atoms. The summed E-state index contributed by atoms with van der Waals surface area (Å²) >= 11 is 0. The van der Waals surface area contributed by atoms with E-state index in [-0.39, 0.29) is 11.8 Å². The van der Waals surface area contributed by atoms with E-state index in [0.717, 1.165) is 0 Å². The number of nitrogens with one attached hydrogen (secondary N) is 1. The number of nitrogens with zero attached hydrogens (tertiary/aromatic N) is 4. The number of likely N-dealkylation sites (N-methyl/N-ethyl adjacent to an activating group) is 1. The topological polar surface area (TPSA) is 96.5 Å². The van der Waals surface area contributed by atoms with E-state index in [2.05, 4.69) is 10.3 Å². The Morgan fingerprint density at radius 3 is 2.67 bits per heavy atom. The quantitative estimate of drug-likeness (QED) is 0.678. The van der Waals surface area contributed by atoms with Crippen LogP contribution in [0.4, 0.5) is 0 Å². The third kappa shape index (κ3) is 4.02.